The van der Waals surface area contributed by atoms with Crippen LogP contribution < -0.4 is 28.4 Å². The third-order valence-corrected chi connectivity index (χ3v) is 16.2. The van der Waals surface area contributed by atoms with Crippen molar-refractivity contribution in [3.63, 3.8) is 0 Å². The van der Waals surface area contributed by atoms with Crippen molar-refractivity contribution in [1.29, 1.82) is 0 Å². The second-order valence-corrected chi connectivity index (χ2v) is 28.2. The molecule has 0 aliphatic heterocycles. The Kier molecular flexibility index (Phi) is 130. The SMILES string of the molecule is C=CCOCC(O)COCc1ccccc1.C=CCOCC(O)COCc1ccccc1C.C=CCc1cc(C(C)(C)c2ccc(OC)c(CC=C)c2)ccc1OC.CC.CC.CC.CC.CC.CC.CCC.CCC.CCC.CCCC.CCCC(C)C.CCCC(C)CC.COc1ccccc1.COc1ccccc1.COc1ccccc1.COc1ccccc1C. The minimum atomic E-state index is -0.584. The number of hydrogen-bond acceptors (Lipinski definition) is 12. The highest BCUT2D eigenvalue weighted by atomic mass is 16.5. The van der Waals surface area contributed by atoms with Gasteiger partial charge in [-0.3, -0.25) is 0 Å². The maximum absolute atomic E-state index is 9.54. The Balaban J connectivity index is -0.000000134. The highest BCUT2D eigenvalue weighted by Gasteiger charge is 2.25. The zero-order valence-electron chi connectivity index (χ0n) is 89.7. The summed E-state index contributed by atoms with van der Waals surface area (Å²) in [6.45, 7) is 81.0. The molecule has 0 amide bonds. The normalized spacial score (nSPS) is 9.70. The van der Waals surface area contributed by atoms with Crippen LogP contribution in [-0.4, -0.2) is 105 Å². The smallest absolute Gasteiger partial charge is 0.122 e. The molecule has 0 aliphatic rings. The minimum absolute atomic E-state index is 0.135. The van der Waals surface area contributed by atoms with Crippen LogP contribution in [-0.2, 0) is 50.4 Å². The monoisotopic (exact) mass is 1800 g/mol. The number of ether oxygens (including phenoxy) is 10. The average molecular weight is 1800 g/mol. The van der Waals surface area contributed by atoms with Gasteiger partial charge in [-0.2, -0.15) is 0 Å². The summed E-state index contributed by atoms with van der Waals surface area (Å²) in [5.41, 5.74) is 9.30. The van der Waals surface area contributed by atoms with Gasteiger partial charge in [0.25, 0.3) is 0 Å². The third kappa shape index (κ3) is 93.8. The lowest BCUT2D eigenvalue weighted by Crippen LogP contribution is -2.21. The molecular weight excluding hydrogens is 1600 g/mol. The number of benzene rings is 8. The number of unbranched alkanes of at least 4 members (excludes halogenated alkanes) is 1. The van der Waals surface area contributed by atoms with Gasteiger partial charge in [0.05, 0.1) is 95.5 Å². The first kappa shape index (κ1) is 143. The fourth-order valence-electron chi connectivity index (χ4n) is 9.50. The van der Waals surface area contributed by atoms with Crippen molar-refractivity contribution < 1.29 is 57.6 Å². The summed E-state index contributed by atoms with van der Waals surface area (Å²) in [7, 11) is 10.1. The molecule has 3 atom stereocenters. The molecule has 12 heteroatoms. The highest BCUT2D eigenvalue weighted by Crippen LogP contribution is 2.37. The molecule has 8 aromatic carbocycles. The van der Waals surface area contributed by atoms with Crippen LogP contribution in [0.2, 0.25) is 0 Å². The van der Waals surface area contributed by atoms with E-state index in [1.165, 1.54) is 86.5 Å². The quantitative estimate of drug-likeness (QED) is 0.0294. The molecule has 0 fully saturated rings. The largest absolute Gasteiger partial charge is 0.497 e. The van der Waals surface area contributed by atoms with Crippen LogP contribution in [0.5, 0.6) is 34.5 Å². The Labute approximate surface area is 798 Å². The van der Waals surface area contributed by atoms with Crippen LogP contribution in [0.25, 0.3) is 0 Å². The zero-order chi connectivity index (χ0) is 101. The van der Waals surface area contributed by atoms with Gasteiger partial charge in [-0.05, 0) is 138 Å². The maximum Gasteiger partial charge on any atom is 0.122 e. The molecular formula is C117H200O12. The predicted octanol–water partition coefficient (Wildman–Crippen LogP) is 33.9. The summed E-state index contributed by atoms with van der Waals surface area (Å²) in [6, 6.07) is 67.7. The standard InChI is InChI=1S/C23H28O2.C14H20O3.C13H18O3.C8H10O.3C7H8O.C7H16.C6H14.C4H10.3C3H8.6C2H6/c1-7-9-17-15-19(11-13-21(17)24-5)23(3,4)20-12-14-22(25-6)18(16-20)10-8-2;1-3-8-16-10-14(15)11-17-9-13-7-5-4-6-12(13)2;1-2-8-15-10-13(14)11-16-9-12-6-4-3-5-7-12;1-7-5-3-4-6-8(7)9-2;3*1-8-7-5-3-2-4-6-7;1-4-6-7(3)5-2;1-4-5-6(2)3;1-3-4-2;3*1-3-2;6*1-2/h7-8,11-16H,1-2,9-10H2,3-6H3;3-7,14-15H,1,8-11H2,2H3;2-7,13-14H,1,8-11H2;3-6H,1-2H3;3*2-6H,1H3;7H,4-6H2,1-3H3;6H,4-5H2,1-3H3;3-4H2,1-2H3;3*3H2,1-2H3;6*1-2H3. The molecule has 0 heterocycles. The lowest BCUT2D eigenvalue weighted by atomic mass is 9.77. The number of aliphatic hydroxyl groups excluding tert-OH is 2. The van der Waals surface area contributed by atoms with E-state index in [1.807, 2.05) is 291 Å². The van der Waals surface area contributed by atoms with Crippen molar-refractivity contribution in [1.82, 2.24) is 0 Å². The number of para-hydroxylation sites is 4. The topological polar surface area (TPSA) is 133 Å². The lowest BCUT2D eigenvalue weighted by molar-refractivity contribution is -0.0179. The zero-order valence-corrected chi connectivity index (χ0v) is 89.7. The molecule has 129 heavy (non-hydrogen) atoms. The van der Waals surface area contributed by atoms with E-state index in [4.69, 9.17) is 47.4 Å². The van der Waals surface area contributed by atoms with Crippen molar-refractivity contribution >= 4 is 0 Å². The number of rotatable bonds is 34. The van der Waals surface area contributed by atoms with Gasteiger partial charge in [0, 0.05) is 5.41 Å². The Bertz CT molecular complexity index is 3270. The molecule has 0 aliphatic carbocycles. The van der Waals surface area contributed by atoms with Gasteiger partial charge in [-0.25, -0.2) is 0 Å². The Hall–Kier alpha value is -8.72. The van der Waals surface area contributed by atoms with E-state index in [0.717, 1.165) is 81.4 Å². The van der Waals surface area contributed by atoms with E-state index < -0.39 is 12.2 Å². The van der Waals surface area contributed by atoms with Crippen molar-refractivity contribution in [3.05, 3.63) is 301 Å². The van der Waals surface area contributed by atoms with Crippen LogP contribution >= 0.6 is 0 Å². The van der Waals surface area contributed by atoms with Gasteiger partial charge in [-0.1, -0.05) is 434 Å². The fraction of sp³-hybridized carbons (Fsp3) is 0.521. The van der Waals surface area contributed by atoms with Crippen LogP contribution in [0.3, 0.4) is 0 Å². The maximum atomic E-state index is 9.54. The molecule has 0 bridgehead atoms. The lowest BCUT2D eigenvalue weighted by Gasteiger charge is -2.28. The fourth-order valence-corrected chi connectivity index (χ4v) is 9.50. The first-order chi connectivity index (χ1) is 62.4. The third-order valence-electron chi connectivity index (χ3n) is 16.2. The molecule has 12 nitrogen and oxygen atoms in total. The van der Waals surface area contributed by atoms with E-state index in [0.29, 0.717) is 26.4 Å². The van der Waals surface area contributed by atoms with Gasteiger partial charge < -0.3 is 57.6 Å². The molecule has 0 radical (unpaired) electrons. The second-order valence-electron chi connectivity index (χ2n) is 28.2. The predicted molar refractivity (Wildman–Crippen MR) is 574 cm³/mol. The van der Waals surface area contributed by atoms with E-state index >= 15 is 0 Å². The molecule has 8 rings (SSSR count). The second kappa shape index (κ2) is 117. The van der Waals surface area contributed by atoms with E-state index in [2.05, 4.69) is 161 Å². The van der Waals surface area contributed by atoms with E-state index in [1.54, 1.807) is 54.8 Å². The van der Waals surface area contributed by atoms with Gasteiger partial charge in [0.2, 0.25) is 0 Å². The summed E-state index contributed by atoms with van der Waals surface area (Å²) < 4.78 is 51.8. The van der Waals surface area contributed by atoms with E-state index in [9.17, 15) is 10.2 Å². The summed E-state index contributed by atoms with van der Waals surface area (Å²) in [4.78, 5) is 0. The molecule has 0 saturated carbocycles. The number of aliphatic hydroxyl groups is 2. The van der Waals surface area contributed by atoms with Gasteiger partial charge in [0.1, 0.15) is 46.7 Å². The number of hydrogen-bond donors (Lipinski definition) is 2. The molecule has 8 aromatic rings. The minimum Gasteiger partial charge on any atom is -0.497 e. The Morgan fingerprint density at radius 3 is 0.876 bits per heavy atom. The van der Waals surface area contributed by atoms with Crippen LogP contribution in [0.15, 0.2) is 257 Å². The van der Waals surface area contributed by atoms with Crippen molar-refractivity contribution in [2.24, 2.45) is 11.8 Å². The first-order valence-corrected chi connectivity index (χ1v) is 48.3. The van der Waals surface area contributed by atoms with Crippen LogP contribution in [0, 0.1) is 25.7 Å². The Morgan fingerprint density at radius 1 is 0.326 bits per heavy atom. The molecule has 2 N–H and O–H groups in total. The summed E-state index contributed by atoms with van der Waals surface area (Å²) in [5.74, 6) is 7.34. The van der Waals surface area contributed by atoms with Crippen LogP contribution in [0.1, 0.15) is 303 Å². The van der Waals surface area contributed by atoms with E-state index in [-0.39, 0.29) is 31.8 Å². The average Bonchev–Trinajstić information content (AvgIpc) is 0.784. The van der Waals surface area contributed by atoms with Crippen molar-refractivity contribution in [2.75, 3.05) is 82.3 Å². The molecule has 0 spiro atoms. The molecule has 740 valence electrons. The van der Waals surface area contributed by atoms with Crippen molar-refractivity contribution in [3.8, 4) is 34.5 Å². The van der Waals surface area contributed by atoms with Crippen molar-refractivity contribution in [2.45, 2.75) is 316 Å². The number of methoxy groups -OCH3 is 6. The molecule has 0 saturated heterocycles. The number of aryl methyl sites for hydroxylation is 2. The first-order valence-electron chi connectivity index (χ1n) is 48.3. The molecule has 3 unspecified atom stereocenters. The van der Waals surface area contributed by atoms with Gasteiger partial charge in [0.15, 0.2) is 0 Å². The number of allylic oxidation sites excluding steroid dienone is 2. The Morgan fingerprint density at radius 2 is 0.628 bits per heavy atom. The van der Waals surface area contributed by atoms with Gasteiger partial charge in [-0.15, -0.1) is 26.3 Å². The van der Waals surface area contributed by atoms with Crippen LogP contribution in [0.4, 0.5) is 0 Å². The summed E-state index contributed by atoms with van der Waals surface area (Å²) in [6.07, 6.45) is 20.7. The highest BCUT2D eigenvalue weighted by molar-refractivity contribution is 5.48. The summed E-state index contributed by atoms with van der Waals surface area (Å²) >= 11 is 0. The molecule has 0 aromatic heterocycles. The summed E-state index contributed by atoms with van der Waals surface area (Å²) in [5, 5.41) is 19.0. The van der Waals surface area contributed by atoms with Gasteiger partial charge >= 0.3 is 0 Å².